The maximum absolute atomic E-state index is 11.9. The van der Waals surface area contributed by atoms with E-state index in [4.69, 9.17) is 13.9 Å². The number of carbonyl (C=O) groups excluding carboxylic acids is 1. The molecule has 32 heavy (non-hydrogen) atoms. The lowest BCUT2D eigenvalue weighted by Gasteiger charge is -2.33. The lowest BCUT2D eigenvalue weighted by atomic mass is 10.0. The zero-order valence-corrected chi connectivity index (χ0v) is 19.2. The van der Waals surface area contributed by atoms with Crippen molar-refractivity contribution in [2.24, 2.45) is 0 Å². The Morgan fingerprint density at radius 2 is 1.91 bits per heavy atom. The van der Waals surface area contributed by atoms with Gasteiger partial charge in [-0.05, 0) is 42.0 Å². The second-order valence-electron chi connectivity index (χ2n) is 7.92. The number of furan rings is 1. The van der Waals surface area contributed by atoms with Crippen LogP contribution in [0.5, 0.6) is 5.75 Å². The smallest absolute Gasteiger partial charge is 0.310 e. The topological polar surface area (TPSA) is 89.3 Å². The van der Waals surface area contributed by atoms with Crippen LogP contribution in [0.1, 0.15) is 12.5 Å². The van der Waals surface area contributed by atoms with E-state index in [1.807, 2.05) is 30.3 Å². The number of esters is 1. The number of benzene rings is 2. The molecule has 1 aliphatic rings. The molecule has 1 aliphatic heterocycles. The van der Waals surface area contributed by atoms with Crippen molar-refractivity contribution in [3.05, 3.63) is 42.2 Å². The first-order valence-electron chi connectivity index (χ1n) is 10.7. The van der Waals surface area contributed by atoms with Gasteiger partial charge < -0.3 is 13.9 Å². The molecular weight excluding hydrogens is 432 g/mol. The molecule has 4 rings (SSSR count). The molecule has 0 amide bonds. The summed E-state index contributed by atoms with van der Waals surface area (Å²) in [5.74, 6) is 0.492. The van der Waals surface area contributed by atoms with E-state index in [0.29, 0.717) is 39.4 Å². The fourth-order valence-electron chi connectivity index (χ4n) is 4.08. The highest BCUT2D eigenvalue weighted by Gasteiger charge is 2.23. The van der Waals surface area contributed by atoms with E-state index >= 15 is 0 Å². The Morgan fingerprint density at radius 3 is 2.62 bits per heavy atom. The SMILES string of the molecule is CCOC(=O)Cc1coc2ccc3cc(OCCN4CCN(S(C)(=O)=O)CC4)ccc3c12. The van der Waals surface area contributed by atoms with Crippen molar-refractivity contribution >= 4 is 37.7 Å². The Bertz CT molecular complexity index is 1210. The highest BCUT2D eigenvalue weighted by atomic mass is 32.2. The Morgan fingerprint density at radius 1 is 1.12 bits per heavy atom. The Balaban J connectivity index is 1.41. The molecule has 0 N–H and O–H groups in total. The molecule has 0 aliphatic carbocycles. The van der Waals surface area contributed by atoms with Gasteiger partial charge in [0.1, 0.15) is 17.9 Å². The van der Waals surface area contributed by atoms with Crippen molar-refractivity contribution in [3.8, 4) is 5.75 Å². The van der Waals surface area contributed by atoms with E-state index in [-0.39, 0.29) is 12.4 Å². The van der Waals surface area contributed by atoms with Crippen LogP contribution in [0, 0.1) is 0 Å². The first-order chi connectivity index (χ1) is 15.3. The summed E-state index contributed by atoms with van der Waals surface area (Å²) in [5.41, 5.74) is 1.55. The van der Waals surface area contributed by atoms with Crippen LogP contribution in [0.25, 0.3) is 21.7 Å². The standard InChI is InChI=1S/C23H28N2O6S/c1-3-29-22(26)15-18-16-31-21-7-4-17-14-19(5-6-20(17)23(18)21)30-13-12-24-8-10-25(11-9-24)32(2,27)28/h4-7,14,16H,3,8-13,15H2,1-2H3. The zero-order valence-electron chi connectivity index (χ0n) is 18.4. The number of ether oxygens (including phenoxy) is 2. The normalized spacial score (nSPS) is 15.9. The summed E-state index contributed by atoms with van der Waals surface area (Å²) in [6.45, 7) is 5.84. The van der Waals surface area contributed by atoms with Crippen molar-refractivity contribution in [3.63, 3.8) is 0 Å². The van der Waals surface area contributed by atoms with Gasteiger partial charge in [-0.2, -0.15) is 4.31 Å². The third kappa shape index (κ3) is 5.06. The fraction of sp³-hybridized carbons (Fsp3) is 0.435. The van der Waals surface area contributed by atoms with E-state index in [9.17, 15) is 13.2 Å². The van der Waals surface area contributed by atoms with Crippen molar-refractivity contribution in [2.75, 3.05) is 52.2 Å². The number of piperazine rings is 1. The van der Waals surface area contributed by atoms with Crippen molar-refractivity contribution < 1.29 is 27.1 Å². The van der Waals surface area contributed by atoms with E-state index in [1.165, 1.54) is 10.6 Å². The molecule has 1 aromatic heterocycles. The van der Waals surface area contributed by atoms with Crippen LogP contribution < -0.4 is 4.74 Å². The number of fused-ring (bicyclic) bond motifs is 3. The average Bonchev–Trinajstić information content (AvgIpc) is 3.16. The molecule has 8 nitrogen and oxygen atoms in total. The molecule has 0 bridgehead atoms. The summed E-state index contributed by atoms with van der Waals surface area (Å²) in [6.07, 6.45) is 3.04. The Labute approximate surface area is 187 Å². The minimum atomic E-state index is -3.11. The van der Waals surface area contributed by atoms with Crippen molar-refractivity contribution in [1.82, 2.24) is 9.21 Å². The molecule has 2 aromatic carbocycles. The number of rotatable bonds is 8. The van der Waals surface area contributed by atoms with Gasteiger partial charge in [0.15, 0.2) is 0 Å². The van der Waals surface area contributed by atoms with Crippen LogP contribution in [-0.4, -0.2) is 75.8 Å². The second kappa shape index (κ2) is 9.48. The molecular formula is C23H28N2O6S. The largest absolute Gasteiger partial charge is 0.492 e. The molecule has 0 unspecified atom stereocenters. The molecule has 0 spiro atoms. The molecule has 3 aromatic rings. The minimum Gasteiger partial charge on any atom is -0.492 e. The van der Waals surface area contributed by atoms with Crippen LogP contribution in [0.4, 0.5) is 0 Å². The molecule has 1 fully saturated rings. The summed E-state index contributed by atoms with van der Waals surface area (Å²) in [7, 11) is -3.11. The van der Waals surface area contributed by atoms with Crippen LogP contribution in [0.15, 0.2) is 41.0 Å². The molecule has 1 saturated heterocycles. The van der Waals surface area contributed by atoms with Gasteiger partial charge in [0.05, 0.1) is 25.5 Å². The summed E-state index contributed by atoms with van der Waals surface area (Å²) < 4.78 is 41.4. The predicted octanol–water partition coefficient (Wildman–Crippen LogP) is 2.65. The quantitative estimate of drug-likeness (QED) is 0.478. The first kappa shape index (κ1) is 22.6. The average molecular weight is 461 g/mol. The molecule has 0 saturated carbocycles. The number of hydrogen-bond acceptors (Lipinski definition) is 7. The van der Waals surface area contributed by atoms with E-state index in [2.05, 4.69) is 4.90 Å². The third-order valence-corrected chi connectivity index (χ3v) is 7.02. The monoisotopic (exact) mass is 460 g/mol. The van der Waals surface area contributed by atoms with Gasteiger partial charge >= 0.3 is 5.97 Å². The molecule has 0 atom stereocenters. The first-order valence-corrected chi connectivity index (χ1v) is 12.6. The lowest BCUT2D eigenvalue weighted by Crippen LogP contribution is -2.49. The van der Waals surface area contributed by atoms with E-state index < -0.39 is 10.0 Å². The lowest BCUT2D eigenvalue weighted by molar-refractivity contribution is -0.142. The van der Waals surface area contributed by atoms with Gasteiger partial charge in [-0.3, -0.25) is 9.69 Å². The van der Waals surface area contributed by atoms with Gasteiger partial charge in [-0.25, -0.2) is 8.42 Å². The zero-order chi connectivity index (χ0) is 22.7. The maximum Gasteiger partial charge on any atom is 0.310 e. The Hall–Kier alpha value is -2.62. The van der Waals surface area contributed by atoms with Crippen molar-refractivity contribution in [1.29, 1.82) is 0 Å². The fourth-order valence-corrected chi connectivity index (χ4v) is 4.90. The summed E-state index contributed by atoms with van der Waals surface area (Å²) >= 11 is 0. The molecule has 9 heteroatoms. The summed E-state index contributed by atoms with van der Waals surface area (Å²) in [4.78, 5) is 14.1. The highest BCUT2D eigenvalue weighted by molar-refractivity contribution is 7.88. The van der Waals surface area contributed by atoms with E-state index in [0.717, 1.165) is 39.6 Å². The van der Waals surface area contributed by atoms with Gasteiger partial charge in [-0.15, -0.1) is 0 Å². The van der Waals surface area contributed by atoms with E-state index in [1.54, 1.807) is 13.2 Å². The molecule has 0 radical (unpaired) electrons. The Kier molecular flexibility index (Phi) is 6.68. The second-order valence-corrected chi connectivity index (χ2v) is 9.90. The van der Waals surface area contributed by atoms with Crippen LogP contribution in [-0.2, 0) is 26.0 Å². The summed E-state index contributed by atoms with van der Waals surface area (Å²) in [6, 6.07) is 9.77. The third-order valence-electron chi connectivity index (χ3n) is 5.72. The van der Waals surface area contributed by atoms with Crippen LogP contribution in [0.3, 0.4) is 0 Å². The maximum atomic E-state index is 11.9. The number of sulfonamides is 1. The molecule has 2 heterocycles. The van der Waals surface area contributed by atoms with Gasteiger partial charge in [-0.1, -0.05) is 6.07 Å². The van der Waals surface area contributed by atoms with Crippen LogP contribution >= 0.6 is 0 Å². The van der Waals surface area contributed by atoms with Gasteiger partial charge in [0.2, 0.25) is 10.0 Å². The number of carbonyl (C=O) groups is 1. The number of hydrogen-bond donors (Lipinski definition) is 0. The summed E-state index contributed by atoms with van der Waals surface area (Å²) in [5, 5.41) is 2.92. The van der Waals surface area contributed by atoms with Crippen molar-refractivity contribution in [2.45, 2.75) is 13.3 Å². The number of nitrogens with zero attached hydrogens (tertiary/aromatic N) is 2. The predicted molar refractivity (Wildman–Crippen MR) is 122 cm³/mol. The minimum absolute atomic E-state index is 0.171. The van der Waals surface area contributed by atoms with Crippen LogP contribution in [0.2, 0.25) is 0 Å². The van der Waals surface area contributed by atoms with Gasteiger partial charge in [0, 0.05) is 43.7 Å². The van der Waals surface area contributed by atoms with Gasteiger partial charge in [0.25, 0.3) is 0 Å². The highest BCUT2D eigenvalue weighted by Crippen LogP contribution is 2.32. The molecule has 172 valence electrons.